The summed E-state index contributed by atoms with van der Waals surface area (Å²) in [6.07, 6.45) is 3.09. The summed E-state index contributed by atoms with van der Waals surface area (Å²) < 4.78 is 34.8. The molecular weight excluding hydrogens is 528 g/mol. The van der Waals surface area contributed by atoms with Gasteiger partial charge in [0.1, 0.15) is 5.75 Å². The van der Waals surface area contributed by atoms with Gasteiger partial charge < -0.3 is 9.30 Å². The number of nitrogens with zero attached hydrogens (tertiary/aromatic N) is 3. The second-order valence-electron chi connectivity index (χ2n) is 8.70. The van der Waals surface area contributed by atoms with Gasteiger partial charge in [0.15, 0.2) is 0 Å². The average Bonchev–Trinajstić information content (AvgIpc) is 3.24. The summed E-state index contributed by atoms with van der Waals surface area (Å²) in [5.74, 6) is -0.810. The zero-order valence-corrected chi connectivity index (χ0v) is 21.8. The topological polar surface area (TPSA) is 164 Å². The molecule has 4 rings (SSSR count). The number of hydrogen-bond donors (Lipinski definition) is 1. The Hall–Kier alpha value is -4.78. The highest BCUT2D eigenvalue weighted by Gasteiger charge is 2.23. The quantitative estimate of drug-likeness (QED) is 0.220. The Labute approximate surface area is 223 Å². The van der Waals surface area contributed by atoms with Gasteiger partial charge in [-0.1, -0.05) is 13.0 Å². The molecule has 0 saturated heterocycles. The number of carbonyl (C=O) groups is 1. The highest BCUT2D eigenvalue weighted by molar-refractivity contribution is 7.90. The third kappa shape index (κ3) is 5.72. The fraction of sp³-hybridized carbons (Fsp3) is 0.192. The fourth-order valence-electron chi connectivity index (χ4n) is 4.28. The highest BCUT2D eigenvalue weighted by atomic mass is 32.2. The molecular formula is C26H24N4O8S. The second-order valence-corrected chi connectivity index (χ2v) is 10.4. The van der Waals surface area contributed by atoms with E-state index in [1.165, 1.54) is 31.4 Å². The lowest BCUT2D eigenvalue weighted by atomic mass is 10.0. The molecule has 12 nitrogen and oxygen atoms in total. The van der Waals surface area contributed by atoms with Crippen molar-refractivity contribution >= 4 is 38.2 Å². The van der Waals surface area contributed by atoms with Crippen LogP contribution in [0.2, 0.25) is 0 Å². The van der Waals surface area contributed by atoms with E-state index >= 15 is 0 Å². The minimum atomic E-state index is -4.34. The molecule has 1 aromatic heterocycles. The first-order valence-electron chi connectivity index (χ1n) is 11.8. The molecule has 39 heavy (non-hydrogen) atoms. The summed E-state index contributed by atoms with van der Waals surface area (Å²) in [5, 5.41) is 22.9. The number of non-ortho nitro benzene ring substituents is 2. The number of amides is 1. The number of hydrogen-bond acceptors (Lipinski definition) is 8. The molecule has 0 fully saturated rings. The Bertz CT molecular complexity index is 1700. The fourth-order valence-corrected chi connectivity index (χ4v) is 5.25. The first kappa shape index (κ1) is 27.3. The molecule has 13 heteroatoms. The Kier molecular flexibility index (Phi) is 7.63. The van der Waals surface area contributed by atoms with Crippen molar-refractivity contribution in [3.05, 3.63) is 104 Å². The summed E-state index contributed by atoms with van der Waals surface area (Å²) in [6.45, 7) is 2.74. The van der Waals surface area contributed by atoms with Gasteiger partial charge in [0.2, 0.25) is 0 Å². The minimum absolute atomic E-state index is 0.0377. The predicted molar refractivity (Wildman–Crippen MR) is 142 cm³/mol. The van der Waals surface area contributed by atoms with E-state index in [4.69, 9.17) is 4.74 Å². The van der Waals surface area contributed by atoms with Gasteiger partial charge >= 0.3 is 0 Å². The van der Waals surface area contributed by atoms with E-state index in [-0.39, 0.29) is 27.6 Å². The maximum absolute atomic E-state index is 13.1. The zero-order valence-electron chi connectivity index (χ0n) is 21.0. The van der Waals surface area contributed by atoms with Crippen LogP contribution in [0.4, 0.5) is 11.4 Å². The molecule has 0 saturated carbocycles. The number of benzene rings is 3. The van der Waals surface area contributed by atoms with E-state index in [1.807, 2.05) is 22.4 Å². The number of methoxy groups -OCH3 is 1. The van der Waals surface area contributed by atoms with Crippen molar-refractivity contribution < 1.29 is 27.8 Å². The first-order valence-corrected chi connectivity index (χ1v) is 13.3. The lowest BCUT2D eigenvalue weighted by molar-refractivity contribution is -0.385. The minimum Gasteiger partial charge on any atom is -0.496 e. The largest absolute Gasteiger partial charge is 0.496 e. The number of ether oxygens (including phenoxy) is 1. The predicted octanol–water partition coefficient (Wildman–Crippen LogP) is 4.59. The standard InChI is InChI=1S/C26H24N4O8S/c1-3-12-28-16-18(22-15-20(30(34)35)7-10-24(22)28)13-17-4-11-25(38-2)23(14-17)26(31)27-39(36,37)21-8-5-19(6-9-21)29(32)33/h4-11,14-16H,3,12-13H2,1-2H3,(H,27,31). The number of sulfonamides is 1. The third-order valence-corrected chi connectivity index (χ3v) is 7.46. The summed E-state index contributed by atoms with van der Waals surface area (Å²) in [6, 6.07) is 13.6. The van der Waals surface area contributed by atoms with Crippen molar-refractivity contribution in [2.24, 2.45) is 0 Å². The lowest BCUT2D eigenvalue weighted by Gasteiger charge is -2.12. The number of nitro groups is 2. The molecule has 1 heterocycles. The van der Waals surface area contributed by atoms with Crippen LogP contribution in [0.1, 0.15) is 34.8 Å². The molecule has 0 bridgehead atoms. The Morgan fingerprint density at radius 2 is 1.64 bits per heavy atom. The molecule has 3 aromatic carbocycles. The monoisotopic (exact) mass is 552 g/mol. The van der Waals surface area contributed by atoms with Gasteiger partial charge in [-0.3, -0.25) is 25.0 Å². The lowest BCUT2D eigenvalue weighted by Crippen LogP contribution is -2.31. The summed E-state index contributed by atoms with van der Waals surface area (Å²) >= 11 is 0. The molecule has 0 unspecified atom stereocenters. The van der Waals surface area contributed by atoms with Crippen LogP contribution in [0.25, 0.3) is 10.9 Å². The molecule has 202 valence electrons. The third-order valence-electron chi connectivity index (χ3n) is 6.11. The average molecular weight is 553 g/mol. The molecule has 0 atom stereocenters. The first-order chi connectivity index (χ1) is 18.5. The maximum atomic E-state index is 13.1. The van der Waals surface area contributed by atoms with Crippen molar-refractivity contribution in [3.63, 3.8) is 0 Å². The van der Waals surface area contributed by atoms with Gasteiger partial charge in [0, 0.05) is 47.9 Å². The molecule has 0 spiro atoms. The number of nitrogens with one attached hydrogen (secondary N) is 1. The SMILES string of the molecule is CCCn1cc(Cc2ccc(OC)c(C(=O)NS(=O)(=O)c3ccc([N+](=O)[O-])cc3)c2)c2cc([N+](=O)[O-])ccc21. The number of nitro benzene ring substituents is 2. The van der Waals surface area contributed by atoms with E-state index in [9.17, 15) is 33.4 Å². The number of aryl methyl sites for hydroxylation is 1. The number of fused-ring (bicyclic) bond motifs is 1. The van der Waals surface area contributed by atoms with Crippen molar-refractivity contribution in [2.75, 3.05) is 7.11 Å². The van der Waals surface area contributed by atoms with Crippen molar-refractivity contribution in [2.45, 2.75) is 31.2 Å². The van der Waals surface area contributed by atoms with E-state index in [0.717, 1.165) is 41.8 Å². The Balaban J connectivity index is 1.66. The van der Waals surface area contributed by atoms with Gasteiger partial charge in [0.25, 0.3) is 27.3 Å². The Morgan fingerprint density at radius 3 is 2.26 bits per heavy atom. The van der Waals surface area contributed by atoms with Gasteiger partial charge in [-0.05, 0) is 54.3 Å². The Morgan fingerprint density at radius 1 is 0.974 bits per heavy atom. The molecule has 0 aliphatic carbocycles. The van der Waals surface area contributed by atoms with Crippen molar-refractivity contribution in [1.82, 2.24) is 9.29 Å². The molecule has 0 aliphatic rings. The number of aromatic nitrogens is 1. The summed E-state index contributed by atoms with van der Waals surface area (Å²) in [4.78, 5) is 33.8. The van der Waals surface area contributed by atoms with Crippen LogP contribution in [-0.2, 0) is 23.0 Å². The molecule has 4 aromatic rings. The van der Waals surface area contributed by atoms with Crippen LogP contribution >= 0.6 is 0 Å². The summed E-state index contributed by atoms with van der Waals surface area (Å²) in [5.41, 5.74) is 1.93. The van der Waals surface area contributed by atoms with Gasteiger partial charge in [-0.25, -0.2) is 13.1 Å². The molecule has 1 N–H and O–H groups in total. The van der Waals surface area contributed by atoms with Crippen LogP contribution < -0.4 is 9.46 Å². The van der Waals surface area contributed by atoms with Crippen LogP contribution in [-0.4, -0.2) is 35.8 Å². The molecule has 0 aliphatic heterocycles. The molecule has 1 amide bonds. The van der Waals surface area contributed by atoms with Crippen molar-refractivity contribution in [1.29, 1.82) is 0 Å². The van der Waals surface area contributed by atoms with Crippen LogP contribution in [0.5, 0.6) is 5.75 Å². The van der Waals surface area contributed by atoms with Gasteiger partial charge in [-0.2, -0.15) is 0 Å². The van der Waals surface area contributed by atoms with Gasteiger partial charge in [-0.15, -0.1) is 0 Å². The van der Waals surface area contributed by atoms with Crippen molar-refractivity contribution in [3.8, 4) is 5.75 Å². The second kappa shape index (κ2) is 10.9. The van der Waals surface area contributed by atoms with Gasteiger partial charge in [0.05, 0.1) is 27.4 Å². The normalized spacial score (nSPS) is 11.3. The van der Waals surface area contributed by atoms with Crippen LogP contribution in [0.15, 0.2) is 71.8 Å². The molecule has 0 radical (unpaired) electrons. The maximum Gasteiger partial charge on any atom is 0.270 e. The number of rotatable bonds is 10. The highest BCUT2D eigenvalue weighted by Crippen LogP contribution is 2.30. The summed E-state index contributed by atoms with van der Waals surface area (Å²) in [7, 11) is -3.00. The van der Waals surface area contributed by atoms with Crippen LogP contribution in [0, 0.1) is 20.2 Å². The van der Waals surface area contributed by atoms with E-state index in [0.29, 0.717) is 23.9 Å². The zero-order chi connectivity index (χ0) is 28.3. The van der Waals surface area contributed by atoms with E-state index in [2.05, 4.69) is 0 Å². The smallest absolute Gasteiger partial charge is 0.270 e. The van der Waals surface area contributed by atoms with E-state index in [1.54, 1.807) is 12.1 Å². The number of carbonyl (C=O) groups excluding carboxylic acids is 1. The van der Waals surface area contributed by atoms with E-state index < -0.39 is 25.8 Å². The van der Waals surface area contributed by atoms with Crippen LogP contribution in [0.3, 0.4) is 0 Å².